The predicted octanol–water partition coefficient (Wildman–Crippen LogP) is 3.98. The lowest BCUT2D eigenvalue weighted by atomic mass is 10.0. The van der Waals surface area contributed by atoms with Gasteiger partial charge in [0.05, 0.1) is 16.7 Å². The van der Waals surface area contributed by atoms with Crippen LogP contribution in [-0.2, 0) is 6.42 Å². The van der Waals surface area contributed by atoms with Crippen LogP contribution in [0.2, 0.25) is 5.02 Å². The highest BCUT2D eigenvalue weighted by atomic mass is 35.5. The molecule has 1 atom stereocenters. The fourth-order valence-electron chi connectivity index (χ4n) is 2.88. The molecule has 1 aliphatic heterocycles. The number of nitrogen functional groups attached to an aromatic ring is 1. The lowest BCUT2D eigenvalue weighted by Gasteiger charge is -2.25. The van der Waals surface area contributed by atoms with Crippen LogP contribution in [0.3, 0.4) is 0 Å². The molecule has 0 aromatic heterocycles. The van der Waals surface area contributed by atoms with E-state index in [1.54, 1.807) is 12.1 Å². The van der Waals surface area contributed by atoms with E-state index in [9.17, 15) is 4.79 Å². The molecule has 0 radical (unpaired) electrons. The van der Waals surface area contributed by atoms with Crippen molar-refractivity contribution >= 4 is 29.0 Å². The summed E-state index contributed by atoms with van der Waals surface area (Å²) >= 11 is 6.15. The van der Waals surface area contributed by atoms with Gasteiger partial charge in [-0.15, -0.1) is 0 Å². The first-order valence-corrected chi connectivity index (χ1v) is 8.60. The Morgan fingerprint density at radius 2 is 2.16 bits per heavy atom. The average Bonchev–Trinajstić information content (AvgIpc) is 2.60. The van der Waals surface area contributed by atoms with Gasteiger partial charge in [-0.1, -0.05) is 24.6 Å². The van der Waals surface area contributed by atoms with Crippen LogP contribution < -0.4 is 15.8 Å². The number of amides is 1. The number of amidine groups is 1. The van der Waals surface area contributed by atoms with E-state index < -0.39 is 0 Å². The smallest absolute Gasteiger partial charge is 0.257 e. The number of halogens is 1. The number of rotatable bonds is 4. The Morgan fingerprint density at radius 3 is 2.84 bits per heavy atom. The Morgan fingerprint density at radius 1 is 1.36 bits per heavy atom. The van der Waals surface area contributed by atoms with Crippen molar-refractivity contribution in [3.8, 4) is 5.75 Å². The standard InChI is InChI=1S/C19H20ClN3O2/c1-2-14-6-3-11-9-13(5-8-17(11)25-14)23-19(24)15-7-4-12(18(21)22)10-16(15)20/h4-5,7-10,14H,2-3,6H2,1H3,(H3,21,22)(H,23,24). The summed E-state index contributed by atoms with van der Waals surface area (Å²) in [6.45, 7) is 2.12. The summed E-state index contributed by atoms with van der Waals surface area (Å²) in [6, 6.07) is 10.4. The van der Waals surface area contributed by atoms with Crippen molar-refractivity contribution < 1.29 is 9.53 Å². The predicted molar refractivity (Wildman–Crippen MR) is 99.9 cm³/mol. The molecule has 2 aromatic carbocycles. The van der Waals surface area contributed by atoms with Crippen molar-refractivity contribution in [3.05, 3.63) is 58.1 Å². The fraction of sp³-hybridized carbons (Fsp3) is 0.263. The molecule has 0 bridgehead atoms. The Hall–Kier alpha value is -2.53. The molecule has 1 unspecified atom stereocenters. The van der Waals surface area contributed by atoms with Crippen LogP contribution in [0, 0.1) is 5.41 Å². The van der Waals surface area contributed by atoms with Gasteiger partial charge in [0.1, 0.15) is 11.6 Å². The van der Waals surface area contributed by atoms with Crippen LogP contribution in [0.1, 0.15) is 41.3 Å². The van der Waals surface area contributed by atoms with E-state index in [0.29, 0.717) is 16.8 Å². The van der Waals surface area contributed by atoms with Gasteiger partial charge in [0.15, 0.2) is 0 Å². The molecule has 0 saturated carbocycles. The molecule has 0 fully saturated rings. The van der Waals surface area contributed by atoms with Crippen molar-refractivity contribution in [2.24, 2.45) is 5.73 Å². The maximum atomic E-state index is 12.5. The molecule has 5 nitrogen and oxygen atoms in total. The minimum Gasteiger partial charge on any atom is -0.490 e. The summed E-state index contributed by atoms with van der Waals surface area (Å²) in [6.07, 6.45) is 3.18. The van der Waals surface area contributed by atoms with Crippen molar-refractivity contribution in [2.45, 2.75) is 32.3 Å². The van der Waals surface area contributed by atoms with E-state index in [0.717, 1.165) is 30.6 Å². The molecule has 1 aliphatic rings. The van der Waals surface area contributed by atoms with Gasteiger partial charge in [0.2, 0.25) is 0 Å². The number of ether oxygens (including phenoxy) is 1. The maximum absolute atomic E-state index is 12.5. The third-order valence-corrected chi connectivity index (χ3v) is 4.64. The van der Waals surface area contributed by atoms with Gasteiger partial charge < -0.3 is 15.8 Å². The zero-order valence-electron chi connectivity index (χ0n) is 13.9. The van der Waals surface area contributed by atoms with Crippen molar-refractivity contribution in [3.63, 3.8) is 0 Å². The second kappa shape index (κ2) is 7.15. The topological polar surface area (TPSA) is 88.2 Å². The molecule has 2 aromatic rings. The molecule has 1 amide bonds. The zero-order chi connectivity index (χ0) is 18.0. The normalized spacial score (nSPS) is 15.8. The number of carbonyl (C=O) groups excluding carboxylic acids is 1. The van der Waals surface area contributed by atoms with Gasteiger partial charge >= 0.3 is 0 Å². The fourth-order valence-corrected chi connectivity index (χ4v) is 3.14. The highest BCUT2D eigenvalue weighted by Crippen LogP contribution is 2.31. The van der Waals surface area contributed by atoms with Gasteiger partial charge in [-0.05, 0) is 55.2 Å². The molecule has 0 aliphatic carbocycles. The Kier molecular flexibility index (Phi) is 4.95. The van der Waals surface area contributed by atoms with Gasteiger partial charge in [-0.25, -0.2) is 0 Å². The lowest BCUT2D eigenvalue weighted by Crippen LogP contribution is -2.22. The Labute approximate surface area is 151 Å². The SMILES string of the molecule is CCC1CCc2cc(NC(=O)c3ccc(C(=N)N)cc3Cl)ccc2O1. The Bertz CT molecular complexity index is 835. The summed E-state index contributed by atoms with van der Waals surface area (Å²) in [7, 11) is 0. The summed E-state index contributed by atoms with van der Waals surface area (Å²) in [4.78, 5) is 12.5. The van der Waals surface area contributed by atoms with Crippen molar-refractivity contribution in [1.82, 2.24) is 0 Å². The van der Waals surface area contributed by atoms with Crippen LogP contribution in [0.25, 0.3) is 0 Å². The first-order chi connectivity index (χ1) is 12.0. The van der Waals surface area contributed by atoms with Gasteiger partial charge in [-0.3, -0.25) is 10.2 Å². The number of fused-ring (bicyclic) bond motifs is 1. The maximum Gasteiger partial charge on any atom is 0.257 e. The monoisotopic (exact) mass is 357 g/mol. The highest BCUT2D eigenvalue weighted by Gasteiger charge is 2.19. The lowest BCUT2D eigenvalue weighted by molar-refractivity contribution is 0.102. The quantitative estimate of drug-likeness (QED) is 0.571. The van der Waals surface area contributed by atoms with Crippen molar-refractivity contribution in [1.29, 1.82) is 5.41 Å². The van der Waals surface area contributed by atoms with Crippen LogP contribution >= 0.6 is 11.6 Å². The number of hydrogen-bond donors (Lipinski definition) is 3. The largest absolute Gasteiger partial charge is 0.490 e. The highest BCUT2D eigenvalue weighted by molar-refractivity contribution is 6.34. The second-order valence-corrected chi connectivity index (χ2v) is 6.48. The molecular formula is C19H20ClN3O2. The second-order valence-electron chi connectivity index (χ2n) is 6.07. The van der Waals surface area contributed by atoms with Crippen molar-refractivity contribution in [2.75, 3.05) is 5.32 Å². The number of carbonyl (C=O) groups is 1. The molecule has 6 heteroatoms. The minimum atomic E-state index is -0.303. The zero-order valence-corrected chi connectivity index (χ0v) is 14.7. The first-order valence-electron chi connectivity index (χ1n) is 8.22. The third-order valence-electron chi connectivity index (χ3n) is 4.33. The molecule has 1 heterocycles. The molecule has 0 spiro atoms. The number of hydrogen-bond acceptors (Lipinski definition) is 3. The summed E-state index contributed by atoms with van der Waals surface area (Å²) in [5, 5.41) is 10.5. The van der Waals surface area contributed by atoms with Crippen LogP contribution in [-0.4, -0.2) is 17.8 Å². The average molecular weight is 358 g/mol. The third kappa shape index (κ3) is 3.77. The van der Waals surface area contributed by atoms with Gasteiger partial charge in [-0.2, -0.15) is 0 Å². The number of nitrogens with one attached hydrogen (secondary N) is 2. The summed E-state index contributed by atoms with van der Waals surface area (Å²) in [5.41, 5.74) is 8.05. The molecule has 3 rings (SSSR count). The summed E-state index contributed by atoms with van der Waals surface area (Å²) in [5.74, 6) is 0.497. The van der Waals surface area contributed by atoms with Gasteiger partial charge in [0.25, 0.3) is 5.91 Å². The number of nitrogens with two attached hydrogens (primary N) is 1. The van der Waals surface area contributed by atoms with E-state index in [-0.39, 0.29) is 22.9 Å². The first kappa shape index (κ1) is 17.3. The van der Waals surface area contributed by atoms with Gasteiger partial charge in [0, 0.05) is 11.3 Å². The number of benzene rings is 2. The number of anilines is 1. The van der Waals surface area contributed by atoms with Crippen LogP contribution in [0.15, 0.2) is 36.4 Å². The minimum absolute atomic E-state index is 0.0890. The van der Waals surface area contributed by atoms with E-state index in [1.165, 1.54) is 6.07 Å². The van der Waals surface area contributed by atoms with Crippen LogP contribution in [0.5, 0.6) is 5.75 Å². The van der Waals surface area contributed by atoms with Crippen LogP contribution in [0.4, 0.5) is 5.69 Å². The molecule has 0 saturated heterocycles. The van der Waals surface area contributed by atoms with E-state index in [1.807, 2.05) is 18.2 Å². The van der Waals surface area contributed by atoms with E-state index >= 15 is 0 Å². The van der Waals surface area contributed by atoms with E-state index in [2.05, 4.69) is 12.2 Å². The molecule has 4 N–H and O–H groups in total. The Balaban J connectivity index is 1.77. The summed E-state index contributed by atoms with van der Waals surface area (Å²) < 4.78 is 5.91. The molecular weight excluding hydrogens is 338 g/mol. The van der Waals surface area contributed by atoms with E-state index in [4.69, 9.17) is 27.5 Å². The molecule has 25 heavy (non-hydrogen) atoms. The number of aryl methyl sites for hydroxylation is 1. The molecule has 130 valence electrons.